The second kappa shape index (κ2) is 8.96. The summed E-state index contributed by atoms with van der Waals surface area (Å²) < 4.78 is 5.18. The Balaban J connectivity index is 1.66. The summed E-state index contributed by atoms with van der Waals surface area (Å²) in [5.74, 6) is 0.877. The third-order valence-electron chi connectivity index (χ3n) is 5.09. The van der Waals surface area contributed by atoms with Gasteiger partial charge < -0.3 is 9.64 Å². The molecule has 1 fully saturated rings. The minimum atomic E-state index is -0.0351. The van der Waals surface area contributed by atoms with Crippen LogP contribution in [0.1, 0.15) is 18.4 Å². The molecule has 1 aliphatic rings. The number of anilines is 1. The number of likely N-dealkylation sites (tertiary alicyclic amines) is 1. The van der Waals surface area contributed by atoms with E-state index in [1.54, 1.807) is 12.0 Å². The maximum Gasteiger partial charge on any atom is 0.231 e. The second-order valence-corrected chi connectivity index (χ2v) is 7.68. The third-order valence-corrected chi connectivity index (χ3v) is 5.80. The van der Waals surface area contributed by atoms with E-state index in [4.69, 9.17) is 27.9 Å². The van der Waals surface area contributed by atoms with Gasteiger partial charge in [0.2, 0.25) is 5.91 Å². The first-order chi connectivity index (χ1) is 13.0. The van der Waals surface area contributed by atoms with Crippen molar-refractivity contribution in [3.8, 4) is 5.75 Å². The Bertz CT molecular complexity index is 775. The van der Waals surface area contributed by atoms with E-state index >= 15 is 0 Å². The predicted molar refractivity (Wildman–Crippen MR) is 111 cm³/mol. The number of hydrogen-bond donors (Lipinski definition) is 0. The number of piperidine rings is 1. The lowest BCUT2D eigenvalue weighted by Crippen LogP contribution is -2.43. The van der Waals surface area contributed by atoms with Gasteiger partial charge in [0, 0.05) is 41.4 Å². The molecular formula is C21H24Cl2N2O2. The Morgan fingerprint density at radius 3 is 2.48 bits per heavy atom. The topological polar surface area (TPSA) is 32.8 Å². The molecule has 0 spiro atoms. The van der Waals surface area contributed by atoms with Gasteiger partial charge in [0.25, 0.3) is 0 Å². The van der Waals surface area contributed by atoms with Gasteiger partial charge in [0.1, 0.15) is 5.75 Å². The Labute approximate surface area is 170 Å². The van der Waals surface area contributed by atoms with Crippen LogP contribution in [0.15, 0.2) is 42.5 Å². The number of ether oxygens (including phenoxy) is 1. The summed E-state index contributed by atoms with van der Waals surface area (Å²) in [5, 5.41) is 1.35. The standard InChI is InChI=1S/C21H24Cl2N2O2/c1-24(16-8-10-17(27-2)11-9-16)21(26)15-5-4-12-25(13-15)14-18-19(22)6-3-7-20(18)23/h3,6-11,15H,4-5,12-14H2,1-2H3/t15-/m0/s1. The largest absolute Gasteiger partial charge is 0.497 e. The molecule has 2 aromatic carbocycles. The molecule has 0 unspecified atom stereocenters. The van der Waals surface area contributed by atoms with Crippen molar-refractivity contribution in [2.24, 2.45) is 5.92 Å². The van der Waals surface area contributed by atoms with Gasteiger partial charge in [-0.15, -0.1) is 0 Å². The van der Waals surface area contributed by atoms with Crippen molar-refractivity contribution in [3.05, 3.63) is 58.1 Å². The first kappa shape index (κ1) is 20.0. The van der Waals surface area contributed by atoms with E-state index in [0.29, 0.717) is 23.1 Å². The number of rotatable bonds is 5. The molecule has 0 saturated carbocycles. The van der Waals surface area contributed by atoms with Crippen molar-refractivity contribution in [1.29, 1.82) is 0 Å². The van der Waals surface area contributed by atoms with E-state index in [0.717, 1.165) is 36.4 Å². The summed E-state index contributed by atoms with van der Waals surface area (Å²) >= 11 is 12.6. The summed E-state index contributed by atoms with van der Waals surface area (Å²) in [7, 11) is 3.46. The number of carbonyl (C=O) groups excluding carboxylic acids is 1. The zero-order chi connectivity index (χ0) is 19.4. The van der Waals surface area contributed by atoms with Crippen molar-refractivity contribution in [2.45, 2.75) is 19.4 Å². The van der Waals surface area contributed by atoms with Gasteiger partial charge in [-0.1, -0.05) is 29.3 Å². The lowest BCUT2D eigenvalue weighted by molar-refractivity contribution is -0.123. The molecule has 1 amide bonds. The van der Waals surface area contributed by atoms with Crippen molar-refractivity contribution in [2.75, 3.05) is 32.1 Å². The van der Waals surface area contributed by atoms with Crippen LogP contribution in [0.4, 0.5) is 5.69 Å². The van der Waals surface area contributed by atoms with E-state index in [1.165, 1.54) is 0 Å². The summed E-state index contributed by atoms with van der Waals surface area (Å²) in [5.41, 5.74) is 1.80. The zero-order valence-electron chi connectivity index (χ0n) is 15.6. The first-order valence-corrected chi connectivity index (χ1v) is 9.82. The van der Waals surface area contributed by atoms with Crippen LogP contribution in [0.5, 0.6) is 5.75 Å². The third kappa shape index (κ3) is 4.75. The molecule has 4 nitrogen and oxygen atoms in total. The van der Waals surface area contributed by atoms with Crippen LogP contribution >= 0.6 is 23.2 Å². The summed E-state index contributed by atoms with van der Waals surface area (Å²) in [4.78, 5) is 17.0. The quantitative estimate of drug-likeness (QED) is 0.709. The summed E-state index contributed by atoms with van der Waals surface area (Å²) in [6.45, 7) is 2.31. The first-order valence-electron chi connectivity index (χ1n) is 9.06. The maximum absolute atomic E-state index is 13.0. The zero-order valence-corrected chi connectivity index (χ0v) is 17.1. The number of hydrogen-bond acceptors (Lipinski definition) is 3. The highest BCUT2D eigenvalue weighted by Gasteiger charge is 2.29. The fourth-order valence-corrected chi connectivity index (χ4v) is 4.03. The lowest BCUT2D eigenvalue weighted by Gasteiger charge is -2.34. The van der Waals surface area contributed by atoms with Crippen molar-refractivity contribution >= 4 is 34.8 Å². The molecule has 0 aromatic heterocycles. The second-order valence-electron chi connectivity index (χ2n) is 6.87. The van der Waals surface area contributed by atoms with Crippen molar-refractivity contribution < 1.29 is 9.53 Å². The maximum atomic E-state index is 13.0. The van der Waals surface area contributed by atoms with E-state index in [-0.39, 0.29) is 11.8 Å². The number of nitrogens with zero attached hydrogens (tertiary/aromatic N) is 2. The van der Waals surface area contributed by atoms with Crippen LogP contribution in [-0.4, -0.2) is 38.1 Å². The average Bonchev–Trinajstić information content (AvgIpc) is 2.70. The molecule has 2 aromatic rings. The van der Waals surface area contributed by atoms with Crippen LogP contribution in [0.25, 0.3) is 0 Å². The molecule has 1 saturated heterocycles. The van der Waals surface area contributed by atoms with Crippen LogP contribution in [0.3, 0.4) is 0 Å². The van der Waals surface area contributed by atoms with Gasteiger partial charge in [-0.05, 0) is 55.8 Å². The fourth-order valence-electron chi connectivity index (χ4n) is 3.51. The SMILES string of the molecule is COc1ccc(N(C)C(=O)[C@H]2CCCN(Cc3c(Cl)cccc3Cl)C2)cc1. The van der Waals surface area contributed by atoms with E-state index < -0.39 is 0 Å². The Morgan fingerprint density at radius 2 is 1.85 bits per heavy atom. The number of benzene rings is 2. The predicted octanol–water partition coefficient (Wildman–Crippen LogP) is 4.88. The van der Waals surface area contributed by atoms with Crippen LogP contribution in [-0.2, 0) is 11.3 Å². The van der Waals surface area contributed by atoms with Crippen molar-refractivity contribution in [3.63, 3.8) is 0 Å². The van der Waals surface area contributed by atoms with Gasteiger partial charge in [-0.3, -0.25) is 9.69 Å². The summed E-state index contributed by atoms with van der Waals surface area (Å²) in [6.07, 6.45) is 1.88. The summed E-state index contributed by atoms with van der Waals surface area (Å²) in [6, 6.07) is 13.1. The smallest absolute Gasteiger partial charge is 0.231 e. The minimum absolute atomic E-state index is 0.0351. The molecule has 0 radical (unpaired) electrons. The molecule has 144 valence electrons. The molecule has 1 aliphatic heterocycles. The molecule has 0 bridgehead atoms. The molecule has 0 N–H and O–H groups in total. The van der Waals surface area contributed by atoms with Crippen LogP contribution in [0, 0.1) is 5.92 Å². The monoisotopic (exact) mass is 406 g/mol. The van der Waals surface area contributed by atoms with Crippen LogP contribution < -0.4 is 9.64 Å². The van der Waals surface area contributed by atoms with Gasteiger partial charge in [0.05, 0.1) is 13.0 Å². The molecule has 1 atom stereocenters. The molecule has 0 aliphatic carbocycles. The van der Waals surface area contributed by atoms with E-state index in [2.05, 4.69) is 4.90 Å². The lowest BCUT2D eigenvalue weighted by atomic mass is 9.96. The Morgan fingerprint density at radius 1 is 1.19 bits per heavy atom. The number of methoxy groups -OCH3 is 1. The molecule has 3 rings (SSSR count). The minimum Gasteiger partial charge on any atom is -0.497 e. The van der Waals surface area contributed by atoms with Gasteiger partial charge in [-0.25, -0.2) is 0 Å². The van der Waals surface area contributed by atoms with Gasteiger partial charge in [-0.2, -0.15) is 0 Å². The Hall–Kier alpha value is -1.75. The van der Waals surface area contributed by atoms with E-state index in [1.807, 2.05) is 49.5 Å². The molecule has 27 heavy (non-hydrogen) atoms. The highest BCUT2D eigenvalue weighted by Crippen LogP contribution is 2.29. The molecular weight excluding hydrogens is 383 g/mol. The molecule has 1 heterocycles. The van der Waals surface area contributed by atoms with Gasteiger partial charge in [0.15, 0.2) is 0 Å². The highest BCUT2D eigenvalue weighted by molar-refractivity contribution is 6.35. The number of amides is 1. The van der Waals surface area contributed by atoms with Gasteiger partial charge >= 0.3 is 0 Å². The highest BCUT2D eigenvalue weighted by atomic mass is 35.5. The average molecular weight is 407 g/mol. The number of halogens is 2. The van der Waals surface area contributed by atoms with Crippen molar-refractivity contribution in [1.82, 2.24) is 4.90 Å². The normalized spacial score (nSPS) is 17.6. The fraction of sp³-hybridized carbons (Fsp3) is 0.381. The van der Waals surface area contributed by atoms with Crippen LogP contribution in [0.2, 0.25) is 10.0 Å². The molecule has 6 heteroatoms. The van der Waals surface area contributed by atoms with E-state index in [9.17, 15) is 4.79 Å². The number of carbonyl (C=O) groups is 1. The Kier molecular flexibility index (Phi) is 6.64.